The summed E-state index contributed by atoms with van der Waals surface area (Å²) < 4.78 is 6.20. The first kappa shape index (κ1) is 21.6. The Balaban J connectivity index is 3.11. The van der Waals surface area contributed by atoms with Gasteiger partial charge in [0.2, 0.25) is 0 Å². The second-order valence-electron chi connectivity index (χ2n) is 8.68. The normalized spacial score (nSPS) is 22.5. The van der Waals surface area contributed by atoms with Crippen molar-refractivity contribution < 1.29 is 0 Å². The summed E-state index contributed by atoms with van der Waals surface area (Å²) in [6, 6.07) is 0. The van der Waals surface area contributed by atoms with Crippen molar-refractivity contribution in [1.29, 1.82) is 0 Å². The van der Waals surface area contributed by atoms with Crippen LogP contribution in [0.15, 0.2) is 11.6 Å². The van der Waals surface area contributed by atoms with Crippen LogP contribution in [-0.2, 0) is 0 Å². The summed E-state index contributed by atoms with van der Waals surface area (Å²) >= 11 is -2.08. The van der Waals surface area contributed by atoms with Gasteiger partial charge in [0.1, 0.15) is 0 Å². The Morgan fingerprint density at radius 3 is 1.83 bits per heavy atom. The summed E-state index contributed by atoms with van der Waals surface area (Å²) in [5.41, 5.74) is 1.72. The molecule has 0 aromatic heterocycles. The molecule has 0 N–H and O–H groups in total. The topological polar surface area (TPSA) is 0 Å². The fourth-order valence-electron chi connectivity index (χ4n) is 5.01. The van der Waals surface area contributed by atoms with E-state index in [1.165, 1.54) is 51.4 Å². The van der Waals surface area contributed by atoms with E-state index in [9.17, 15) is 0 Å². The first-order valence-corrected chi connectivity index (χ1v) is 18.4. The van der Waals surface area contributed by atoms with Gasteiger partial charge in [0.15, 0.2) is 0 Å². The van der Waals surface area contributed by atoms with Gasteiger partial charge in [0.25, 0.3) is 0 Å². The van der Waals surface area contributed by atoms with Crippen LogP contribution in [0, 0.1) is 11.8 Å². The summed E-state index contributed by atoms with van der Waals surface area (Å²) in [7, 11) is 0. The molecule has 0 aromatic rings. The van der Waals surface area contributed by atoms with Crippen LogP contribution in [0.25, 0.3) is 0 Å². The zero-order valence-corrected chi connectivity index (χ0v) is 19.9. The van der Waals surface area contributed by atoms with Gasteiger partial charge in [0.05, 0.1) is 0 Å². The van der Waals surface area contributed by atoms with Crippen LogP contribution in [0.2, 0.25) is 17.2 Å². The number of allylic oxidation sites excluding steroid dienone is 2. The molecule has 2 atom stereocenters. The maximum atomic E-state index is 2.58. The molecule has 2 unspecified atom stereocenters. The van der Waals surface area contributed by atoms with Crippen molar-refractivity contribution in [3.8, 4) is 0 Å². The second-order valence-corrected chi connectivity index (χ2v) is 22.9. The van der Waals surface area contributed by atoms with Gasteiger partial charge >= 0.3 is 152 Å². The summed E-state index contributed by atoms with van der Waals surface area (Å²) in [5.74, 6) is 1.88. The minimum atomic E-state index is -2.08. The molecule has 1 heteroatoms. The number of rotatable bonds is 11. The van der Waals surface area contributed by atoms with Gasteiger partial charge in [-0.3, -0.25) is 0 Å². The molecule has 0 heterocycles. The molecule has 0 fully saturated rings. The van der Waals surface area contributed by atoms with Gasteiger partial charge in [-0.2, -0.15) is 0 Å². The van der Waals surface area contributed by atoms with Crippen molar-refractivity contribution in [2.24, 2.45) is 11.8 Å². The third-order valence-corrected chi connectivity index (χ3v) is 24.4. The fraction of sp³-hybridized carbons (Fsp3) is 0.909. The van der Waals surface area contributed by atoms with Crippen molar-refractivity contribution in [3.05, 3.63) is 11.6 Å². The molecule has 0 spiro atoms. The van der Waals surface area contributed by atoms with E-state index < -0.39 is 18.4 Å². The molecule has 136 valence electrons. The fourth-order valence-corrected chi connectivity index (χ4v) is 25.6. The van der Waals surface area contributed by atoms with Crippen molar-refractivity contribution in [1.82, 2.24) is 0 Å². The van der Waals surface area contributed by atoms with Crippen LogP contribution < -0.4 is 0 Å². The summed E-state index contributed by atoms with van der Waals surface area (Å²) in [6.07, 6.45) is 14.2. The Morgan fingerprint density at radius 2 is 1.43 bits per heavy atom. The Hall–Kier alpha value is 0.539. The van der Waals surface area contributed by atoms with Crippen LogP contribution in [-0.4, -0.2) is 18.4 Å². The Morgan fingerprint density at radius 1 is 0.957 bits per heavy atom. The molecule has 0 aromatic carbocycles. The molecule has 23 heavy (non-hydrogen) atoms. The molecule has 0 aliphatic heterocycles. The second kappa shape index (κ2) is 11.2. The Kier molecular flexibility index (Phi) is 10.5. The van der Waals surface area contributed by atoms with Crippen molar-refractivity contribution in [2.75, 3.05) is 0 Å². The molecule has 1 rings (SSSR count). The van der Waals surface area contributed by atoms with Crippen LogP contribution in [0.1, 0.15) is 92.9 Å². The Bertz CT molecular complexity index is 320. The van der Waals surface area contributed by atoms with Gasteiger partial charge < -0.3 is 0 Å². The molecule has 0 bridgehead atoms. The first-order valence-electron chi connectivity index (χ1n) is 10.7. The Labute approximate surface area is 151 Å². The van der Waals surface area contributed by atoms with E-state index in [2.05, 4.69) is 47.6 Å². The predicted octanol–water partition coefficient (Wildman–Crippen LogP) is 8.22. The van der Waals surface area contributed by atoms with Crippen molar-refractivity contribution >= 4 is 18.4 Å². The monoisotopic (exact) mass is 428 g/mol. The average molecular weight is 427 g/mol. The molecule has 0 radical (unpaired) electrons. The van der Waals surface area contributed by atoms with Crippen molar-refractivity contribution in [2.45, 2.75) is 110 Å². The van der Waals surface area contributed by atoms with E-state index in [-0.39, 0.29) is 0 Å². The molecule has 1 aliphatic carbocycles. The van der Waals surface area contributed by atoms with Crippen molar-refractivity contribution in [3.63, 3.8) is 0 Å². The molecular weight excluding hydrogens is 383 g/mol. The van der Waals surface area contributed by atoms with Crippen LogP contribution in [0.5, 0.6) is 0 Å². The van der Waals surface area contributed by atoms with E-state index in [1.807, 2.05) is 0 Å². The number of hydrogen-bond donors (Lipinski definition) is 0. The van der Waals surface area contributed by atoms with E-state index in [4.69, 9.17) is 0 Å². The maximum absolute atomic E-state index is 2.58. The molecular formula is C22H44Sn. The van der Waals surface area contributed by atoms with Gasteiger partial charge in [-0.15, -0.1) is 0 Å². The molecule has 0 saturated heterocycles. The third-order valence-electron chi connectivity index (χ3n) is 6.52. The third kappa shape index (κ3) is 6.40. The molecule has 0 nitrogen and oxygen atoms in total. The summed E-state index contributed by atoms with van der Waals surface area (Å²) in [5, 5.41) is 0. The minimum absolute atomic E-state index is 0.880. The van der Waals surface area contributed by atoms with E-state index in [0.717, 1.165) is 15.8 Å². The first-order chi connectivity index (χ1) is 11.0. The van der Waals surface area contributed by atoms with Crippen LogP contribution in [0.3, 0.4) is 0 Å². The zero-order valence-electron chi connectivity index (χ0n) is 17.1. The average Bonchev–Trinajstić information content (AvgIpc) is 2.54. The number of hydrogen-bond acceptors (Lipinski definition) is 0. The van der Waals surface area contributed by atoms with E-state index >= 15 is 0 Å². The zero-order chi connectivity index (χ0) is 17.3. The van der Waals surface area contributed by atoms with Gasteiger partial charge in [0, 0.05) is 0 Å². The number of unbranched alkanes of at least 4 members (excludes halogenated alkanes) is 3. The van der Waals surface area contributed by atoms with Gasteiger partial charge in [-0.1, -0.05) is 0 Å². The SMILES string of the molecule is CCC[CH2][Sn]([CH2]CCC)([CH2]CCC)[CH]1CC(C)=CCC1C(C)C. The summed E-state index contributed by atoms with van der Waals surface area (Å²) in [4.78, 5) is 0. The molecule has 0 amide bonds. The van der Waals surface area contributed by atoms with E-state index in [0.29, 0.717) is 0 Å². The molecule has 0 saturated carbocycles. The van der Waals surface area contributed by atoms with Gasteiger partial charge in [-0.25, -0.2) is 0 Å². The summed E-state index contributed by atoms with van der Waals surface area (Å²) in [6.45, 7) is 14.6. The van der Waals surface area contributed by atoms with Crippen LogP contribution >= 0.6 is 0 Å². The van der Waals surface area contributed by atoms with Crippen LogP contribution in [0.4, 0.5) is 0 Å². The predicted molar refractivity (Wildman–Crippen MR) is 110 cm³/mol. The molecule has 1 aliphatic rings. The standard InChI is InChI=1S/C10H17.3C4H9.Sn/c1-8(2)10-6-4-9(3)5-7-10;3*1-3-4-2;/h4,7-8,10H,5-6H2,1-3H3;3*1,3-4H2,2H3;. The quantitative estimate of drug-likeness (QED) is 0.230. The van der Waals surface area contributed by atoms with E-state index in [1.54, 1.807) is 18.9 Å². The van der Waals surface area contributed by atoms with Gasteiger partial charge in [-0.05, 0) is 0 Å².